The van der Waals surface area contributed by atoms with Crippen LogP contribution < -0.4 is 5.32 Å². The molecule has 0 saturated carbocycles. The molecule has 0 aromatic heterocycles. The smallest absolute Gasteiger partial charge is 0.224 e. The van der Waals surface area contributed by atoms with E-state index in [1.54, 1.807) is 12.1 Å². The fourth-order valence-corrected chi connectivity index (χ4v) is 3.94. The van der Waals surface area contributed by atoms with Crippen LogP contribution >= 0.6 is 0 Å². The molecule has 1 saturated heterocycles. The Morgan fingerprint density at radius 3 is 2.23 bits per heavy atom. The van der Waals surface area contributed by atoms with Crippen LogP contribution in [0.4, 0.5) is 4.39 Å². The van der Waals surface area contributed by atoms with Gasteiger partial charge in [-0.3, -0.25) is 9.69 Å². The predicted molar refractivity (Wildman–Crippen MR) is 120 cm³/mol. The summed E-state index contributed by atoms with van der Waals surface area (Å²) in [5.74, 6) is -0.278. The SMILES string of the molecule is O=C(Cc1ccc(-c2ccccc2)cc1)NC[C@@H](c1ccc(F)cc1)N1CCOCC1. The maximum atomic E-state index is 13.4. The van der Waals surface area contributed by atoms with Crippen LogP contribution in [0.1, 0.15) is 17.2 Å². The van der Waals surface area contributed by atoms with Gasteiger partial charge in [0.1, 0.15) is 5.82 Å². The Hall–Kier alpha value is -3.02. The number of rotatable bonds is 7. The van der Waals surface area contributed by atoms with E-state index in [-0.39, 0.29) is 17.8 Å². The second-order valence-corrected chi connectivity index (χ2v) is 7.76. The van der Waals surface area contributed by atoms with E-state index in [4.69, 9.17) is 4.74 Å². The summed E-state index contributed by atoms with van der Waals surface area (Å²) in [4.78, 5) is 14.9. The average molecular weight is 419 g/mol. The normalized spacial score (nSPS) is 15.4. The molecule has 160 valence electrons. The summed E-state index contributed by atoms with van der Waals surface area (Å²) in [7, 11) is 0. The number of benzene rings is 3. The molecule has 1 fully saturated rings. The first kappa shape index (κ1) is 21.2. The van der Waals surface area contributed by atoms with E-state index in [9.17, 15) is 9.18 Å². The van der Waals surface area contributed by atoms with Crippen molar-refractivity contribution < 1.29 is 13.9 Å². The lowest BCUT2D eigenvalue weighted by atomic mass is 10.0. The fraction of sp³-hybridized carbons (Fsp3) is 0.269. The number of ether oxygens (including phenoxy) is 1. The van der Waals surface area contributed by atoms with Crippen LogP contribution in [0, 0.1) is 5.82 Å². The van der Waals surface area contributed by atoms with Gasteiger partial charge in [0, 0.05) is 19.6 Å². The second kappa shape index (κ2) is 10.3. The van der Waals surface area contributed by atoms with E-state index >= 15 is 0 Å². The van der Waals surface area contributed by atoms with E-state index in [0.717, 1.165) is 35.3 Å². The Balaban J connectivity index is 1.37. The van der Waals surface area contributed by atoms with Crippen molar-refractivity contribution in [3.8, 4) is 11.1 Å². The lowest BCUT2D eigenvalue weighted by Crippen LogP contribution is -2.44. The second-order valence-electron chi connectivity index (χ2n) is 7.76. The third-order valence-corrected chi connectivity index (χ3v) is 5.66. The van der Waals surface area contributed by atoms with Gasteiger partial charge in [-0.15, -0.1) is 0 Å². The number of carbonyl (C=O) groups is 1. The Morgan fingerprint density at radius 1 is 0.903 bits per heavy atom. The van der Waals surface area contributed by atoms with E-state index in [1.807, 2.05) is 42.5 Å². The van der Waals surface area contributed by atoms with E-state index in [2.05, 4.69) is 22.3 Å². The van der Waals surface area contributed by atoms with Gasteiger partial charge in [-0.1, -0.05) is 66.7 Å². The molecule has 31 heavy (non-hydrogen) atoms. The van der Waals surface area contributed by atoms with Gasteiger partial charge in [0.25, 0.3) is 0 Å². The molecule has 0 unspecified atom stereocenters. The van der Waals surface area contributed by atoms with Crippen molar-refractivity contribution in [2.24, 2.45) is 0 Å². The van der Waals surface area contributed by atoms with Crippen molar-refractivity contribution in [2.75, 3.05) is 32.8 Å². The Labute approximate surface area is 182 Å². The van der Waals surface area contributed by atoms with Gasteiger partial charge >= 0.3 is 0 Å². The highest BCUT2D eigenvalue weighted by molar-refractivity contribution is 5.79. The minimum Gasteiger partial charge on any atom is -0.379 e. The first-order chi connectivity index (χ1) is 15.2. The van der Waals surface area contributed by atoms with Crippen LogP contribution in [-0.2, 0) is 16.0 Å². The van der Waals surface area contributed by atoms with Crippen molar-refractivity contribution in [2.45, 2.75) is 12.5 Å². The molecular weight excluding hydrogens is 391 g/mol. The molecule has 1 amide bonds. The zero-order valence-electron chi connectivity index (χ0n) is 17.5. The van der Waals surface area contributed by atoms with Gasteiger partial charge in [-0.2, -0.15) is 0 Å². The Bertz CT molecular complexity index is 969. The predicted octanol–water partition coefficient (Wildman–Crippen LogP) is 4.22. The van der Waals surface area contributed by atoms with Crippen molar-refractivity contribution >= 4 is 5.91 Å². The fourth-order valence-electron chi connectivity index (χ4n) is 3.94. The monoisotopic (exact) mass is 418 g/mol. The van der Waals surface area contributed by atoms with Crippen LogP contribution in [0.25, 0.3) is 11.1 Å². The lowest BCUT2D eigenvalue weighted by molar-refractivity contribution is -0.120. The van der Waals surface area contributed by atoms with Crippen LogP contribution in [0.3, 0.4) is 0 Å². The molecule has 1 aliphatic rings. The molecule has 3 aromatic rings. The van der Waals surface area contributed by atoms with E-state index < -0.39 is 0 Å². The maximum absolute atomic E-state index is 13.4. The molecule has 0 aliphatic carbocycles. The molecule has 1 aliphatic heterocycles. The van der Waals surface area contributed by atoms with E-state index in [1.165, 1.54) is 12.1 Å². The molecule has 0 radical (unpaired) electrons. The highest BCUT2D eigenvalue weighted by Crippen LogP contribution is 2.22. The third kappa shape index (κ3) is 5.78. The van der Waals surface area contributed by atoms with Crippen molar-refractivity contribution in [3.05, 3.63) is 95.8 Å². The summed E-state index contributed by atoms with van der Waals surface area (Å²) in [6, 6.07) is 24.8. The summed E-state index contributed by atoms with van der Waals surface area (Å²) in [5, 5.41) is 3.07. The quantitative estimate of drug-likeness (QED) is 0.625. The van der Waals surface area contributed by atoms with Gasteiger partial charge < -0.3 is 10.1 Å². The number of hydrogen-bond acceptors (Lipinski definition) is 3. The van der Waals surface area contributed by atoms with Gasteiger partial charge in [-0.25, -0.2) is 4.39 Å². The van der Waals surface area contributed by atoms with Crippen molar-refractivity contribution in [3.63, 3.8) is 0 Å². The van der Waals surface area contributed by atoms with Crippen molar-refractivity contribution in [1.29, 1.82) is 0 Å². The molecule has 1 N–H and O–H groups in total. The standard InChI is InChI=1S/C26H27FN2O2/c27-24-12-10-23(11-13-24)25(29-14-16-31-17-15-29)19-28-26(30)18-20-6-8-22(9-7-20)21-4-2-1-3-5-21/h1-13,25H,14-19H2,(H,28,30)/t25-/m0/s1. The molecule has 1 heterocycles. The van der Waals surface area contributed by atoms with E-state index in [0.29, 0.717) is 26.2 Å². The Kier molecular flexibility index (Phi) is 7.07. The minimum atomic E-state index is -0.257. The number of halogens is 1. The number of morpholine rings is 1. The molecule has 0 bridgehead atoms. The highest BCUT2D eigenvalue weighted by Gasteiger charge is 2.23. The van der Waals surface area contributed by atoms with Gasteiger partial charge in [-0.05, 0) is 34.4 Å². The van der Waals surface area contributed by atoms with Gasteiger partial charge in [0.05, 0.1) is 25.7 Å². The van der Waals surface area contributed by atoms with Crippen LogP contribution in [0.5, 0.6) is 0 Å². The zero-order chi connectivity index (χ0) is 21.5. The summed E-state index contributed by atoms with van der Waals surface area (Å²) in [6.45, 7) is 3.39. The van der Waals surface area contributed by atoms with Crippen LogP contribution in [0.15, 0.2) is 78.9 Å². The maximum Gasteiger partial charge on any atom is 0.224 e. The summed E-state index contributed by atoms with van der Waals surface area (Å²) < 4.78 is 18.8. The molecule has 1 atom stereocenters. The van der Waals surface area contributed by atoms with Gasteiger partial charge in [0.2, 0.25) is 5.91 Å². The lowest BCUT2D eigenvalue weighted by Gasteiger charge is -2.35. The average Bonchev–Trinajstić information content (AvgIpc) is 2.82. The first-order valence-corrected chi connectivity index (χ1v) is 10.7. The number of hydrogen-bond donors (Lipinski definition) is 1. The third-order valence-electron chi connectivity index (χ3n) is 5.66. The highest BCUT2D eigenvalue weighted by atomic mass is 19.1. The van der Waals surface area contributed by atoms with Crippen molar-refractivity contribution in [1.82, 2.24) is 10.2 Å². The molecule has 0 spiro atoms. The molecule has 4 rings (SSSR count). The topological polar surface area (TPSA) is 41.6 Å². The number of carbonyl (C=O) groups excluding carboxylic acids is 1. The van der Waals surface area contributed by atoms with Crippen LogP contribution in [0.2, 0.25) is 0 Å². The van der Waals surface area contributed by atoms with Crippen LogP contribution in [-0.4, -0.2) is 43.7 Å². The largest absolute Gasteiger partial charge is 0.379 e. The molecule has 4 nitrogen and oxygen atoms in total. The summed E-state index contributed by atoms with van der Waals surface area (Å²) in [6.07, 6.45) is 0.328. The number of nitrogens with zero attached hydrogens (tertiary/aromatic N) is 1. The first-order valence-electron chi connectivity index (χ1n) is 10.7. The summed E-state index contributed by atoms with van der Waals surface area (Å²) in [5.41, 5.74) is 4.26. The zero-order valence-corrected chi connectivity index (χ0v) is 17.5. The molecule has 3 aromatic carbocycles. The Morgan fingerprint density at radius 2 is 1.55 bits per heavy atom. The minimum absolute atomic E-state index is 0.00564. The van der Waals surface area contributed by atoms with Gasteiger partial charge in [0.15, 0.2) is 0 Å². The molecular formula is C26H27FN2O2. The summed E-state index contributed by atoms with van der Waals surface area (Å²) >= 11 is 0. The number of amides is 1. The number of nitrogens with one attached hydrogen (secondary N) is 1. The molecule has 5 heteroatoms.